The number of hydrogen-bond donors (Lipinski definition) is 1. The highest BCUT2D eigenvalue weighted by Crippen LogP contribution is 2.54. The number of ether oxygens (including phenoxy) is 1. The lowest BCUT2D eigenvalue weighted by atomic mass is 9.77. The summed E-state index contributed by atoms with van der Waals surface area (Å²) in [5.41, 5.74) is 3.99. The van der Waals surface area contributed by atoms with E-state index in [-0.39, 0.29) is 12.3 Å². The number of aliphatic imine (C=N–C) groups is 1. The summed E-state index contributed by atoms with van der Waals surface area (Å²) in [7, 11) is 0. The summed E-state index contributed by atoms with van der Waals surface area (Å²) >= 11 is 0. The van der Waals surface area contributed by atoms with Gasteiger partial charge in [0.25, 0.3) is 0 Å². The molecule has 4 heterocycles. The molecule has 0 fully saturated rings. The van der Waals surface area contributed by atoms with Crippen molar-refractivity contribution in [3.8, 4) is 5.75 Å². The van der Waals surface area contributed by atoms with Crippen molar-refractivity contribution in [1.29, 1.82) is 0 Å². The number of para-hydroxylation sites is 1. The van der Waals surface area contributed by atoms with Crippen molar-refractivity contribution in [1.82, 2.24) is 9.97 Å². The van der Waals surface area contributed by atoms with Crippen LogP contribution in [-0.4, -0.2) is 34.4 Å². The molecule has 1 unspecified atom stereocenters. The number of nitrogens with zero attached hydrogens (tertiary/aromatic N) is 4. The van der Waals surface area contributed by atoms with Crippen LogP contribution in [0.4, 0.5) is 17.1 Å². The number of amides is 1. The fourth-order valence-electron chi connectivity index (χ4n) is 6.75. The number of aromatic nitrogens is 2. The number of rotatable bonds is 4. The van der Waals surface area contributed by atoms with Crippen LogP contribution in [0, 0.1) is 0 Å². The van der Waals surface area contributed by atoms with Crippen molar-refractivity contribution >= 4 is 61.8 Å². The molecule has 4 aromatic carbocycles. The highest BCUT2D eigenvalue weighted by atomic mass is 16.5. The van der Waals surface area contributed by atoms with Gasteiger partial charge in [-0.05, 0) is 61.2 Å². The summed E-state index contributed by atoms with van der Waals surface area (Å²) < 4.78 is 6.99. The number of benzene rings is 4. The molecule has 2 aliphatic rings. The molecule has 6 aromatic rings. The minimum Gasteiger partial charge on any atom is -0.459 e. The maximum absolute atomic E-state index is 13.6. The van der Waals surface area contributed by atoms with Gasteiger partial charge in [0, 0.05) is 47.2 Å². The molecule has 1 spiro atoms. The molecular weight excluding hydrogens is 534 g/mol. The molecule has 2 aliphatic heterocycles. The van der Waals surface area contributed by atoms with Crippen molar-refractivity contribution in [2.24, 2.45) is 4.99 Å². The van der Waals surface area contributed by atoms with Gasteiger partial charge in [0.2, 0.25) is 11.6 Å². The molecule has 2 aromatic heterocycles. The van der Waals surface area contributed by atoms with E-state index in [1.807, 2.05) is 60.8 Å². The van der Waals surface area contributed by atoms with E-state index >= 15 is 0 Å². The summed E-state index contributed by atoms with van der Waals surface area (Å²) in [5.74, 6) is 0.644. The third-order valence-corrected chi connectivity index (χ3v) is 8.96. The van der Waals surface area contributed by atoms with E-state index in [4.69, 9.17) is 9.73 Å². The second kappa shape index (κ2) is 9.36. The zero-order valence-electron chi connectivity index (χ0n) is 23.9. The van der Waals surface area contributed by atoms with Crippen LogP contribution >= 0.6 is 0 Å². The van der Waals surface area contributed by atoms with Gasteiger partial charge in [-0.3, -0.25) is 19.8 Å². The molecule has 0 saturated carbocycles. The highest BCUT2D eigenvalue weighted by molar-refractivity contribution is 6.12. The lowest BCUT2D eigenvalue weighted by Gasteiger charge is -2.46. The molecule has 0 saturated heterocycles. The predicted octanol–water partition coefficient (Wildman–Crippen LogP) is 7.55. The highest BCUT2D eigenvalue weighted by Gasteiger charge is 2.59. The molecular formula is C36H29N5O2. The average molecular weight is 564 g/mol. The summed E-state index contributed by atoms with van der Waals surface area (Å²) in [4.78, 5) is 29.9. The van der Waals surface area contributed by atoms with E-state index in [0.29, 0.717) is 6.54 Å². The molecule has 210 valence electrons. The smallest absolute Gasteiger partial charge is 0.228 e. The Hall–Kier alpha value is -5.30. The van der Waals surface area contributed by atoms with Crippen LogP contribution in [0.25, 0.3) is 32.6 Å². The van der Waals surface area contributed by atoms with Crippen LogP contribution < -0.4 is 15.0 Å². The largest absolute Gasteiger partial charge is 0.459 e. The lowest BCUT2D eigenvalue weighted by Crippen LogP contribution is -2.62. The minimum absolute atomic E-state index is 0.0927. The van der Waals surface area contributed by atoms with Crippen LogP contribution in [0.1, 0.15) is 25.8 Å². The van der Waals surface area contributed by atoms with Crippen LogP contribution in [0.3, 0.4) is 0 Å². The number of carbonyl (C=O) groups excluding carboxylic acids is 1. The Labute approximate surface area is 248 Å². The number of anilines is 2. The van der Waals surface area contributed by atoms with Gasteiger partial charge < -0.3 is 15.0 Å². The molecule has 0 bridgehead atoms. The zero-order chi connectivity index (χ0) is 29.2. The molecule has 0 radical (unpaired) electrons. The second-order valence-electron chi connectivity index (χ2n) is 11.7. The first-order valence-corrected chi connectivity index (χ1v) is 14.5. The SMILES string of the molecule is CC1(C)c2ccccc2N(CCC(=O)Nc2cc3cccnc3c3ncccc23)C12C=Nc1c(ccc3ccccc13)O2. The molecule has 43 heavy (non-hydrogen) atoms. The van der Waals surface area contributed by atoms with Crippen molar-refractivity contribution in [3.63, 3.8) is 0 Å². The van der Waals surface area contributed by atoms with Crippen molar-refractivity contribution in [2.45, 2.75) is 31.4 Å². The van der Waals surface area contributed by atoms with E-state index in [0.717, 1.165) is 61.0 Å². The summed E-state index contributed by atoms with van der Waals surface area (Å²) in [6.07, 6.45) is 5.70. The molecule has 1 atom stereocenters. The summed E-state index contributed by atoms with van der Waals surface area (Å²) in [6, 6.07) is 30.3. The van der Waals surface area contributed by atoms with E-state index in [1.54, 1.807) is 12.4 Å². The van der Waals surface area contributed by atoms with Gasteiger partial charge in [-0.15, -0.1) is 0 Å². The second-order valence-corrected chi connectivity index (χ2v) is 11.7. The first-order chi connectivity index (χ1) is 21.0. The number of pyridine rings is 2. The Balaban J connectivity index is 1.14. The third kappa shape index (κ3) is 3.74. The normalized spacial score (nSPS) is 18.1. The fourth-order valence-corrected chi connectivity index (χ4v) is 6.75. The number of carbonyl (C=O) groups is 1. The van der Waals surface area contributed by atoms with Crippen molar-refractivity contribution in [3.05, 3.63) is 109 Å². The van der Waals surface area contributed by atoms with Gasteiger partial charge in [0.05, 0.1) is 28.4 Å². The maximum Gasteiger partial charge on any atom is 0.228 e. The van der Waals surface area contributed by atoms with Gasteiger partial charge in [-0.1, -0.05) is 54.6 Å². The first-order valence-electron chi connectivity index (χ1n) is 14.5. The van der Waals surface area contributed by atoms with Gasteiger partial charge in [0.15, 0.2) is 0 Å². The number of hydrogen-bond acceptors (Lipinski definition) is 6. The van der Waals surface area contributed by atoms with E-state index in [2.05, 4.69) is 70.4 Å². The Morgan fingerprint density at radius 1 is 0.837 bits per heavy atom. The molecule has 1 N–H and O–H groups in total. The van der Waals surface area contributed by atoms with Gasteiger partial charge in [-0.2, -0.15) is 0 Å². The summed E-state index contributed by atoms with van der Waals surface area (Å²) in [5, 5.41) is 7.12. The topological polar surface area (TPSA) is 79.7 Å². The Kier molecular flexibility index (Phi) is 5.53. The molecule has 1 amide bonds. The molecule has 7 heteroatoms. The zero-order valence-corrected chi connectivity index (χ0v) is 23.9. The fraction of sp³-hybridized carbons (Fsp3) is 0.167. The van der Waals surface area contributed by atoms with Gasteiger partial charge in [0.1, 0.15) is 11.4 Å². The number of fused-ring (bicyclic) bond motifs is 7. The van der Waals surface area contributed by atoms with Crippen LogP contribution in [-0.2, 0) is 10.2 Å². The van der Waals surface area contributed by atoms with Crippen molar-refractivity contribution < 1.29 is 9.53 Å². The quantitative estimate of drug-likeness (QED) is 0.224. The minimum atomic E-state index is -0.905. The Bertz CT molecular complexity index is 2120. The monoisotopic (exact) mass is 563 g/mol. The molecule has 7 nitrogen and oxygen atoms in total. The van der Waals surface area contributed by atoms with Crippen LogP contribution in [0.2, 0.25) is 0 Å². The summed E-state index contributed by atoms with van der Waals surface area (Å²) in [6.45, 7) is 4.81. The Morgan fingerprint density at radius 3 is 2.49 bits per heavy atom. The predicted molar refractivity (Wildman–Crippen MR) is 173 cm³/mol. The first kappa shape index (κ1) is 25.4. The van der Waals surface area contributed by atoms with Gasteiger partial charge in [-0.25, -0.2) is 0 Å². The van der Waals surface area contributed by atoms with Gasteiger partial charge >= 0.3 is 0 Å². The van der Waals surface area contributed by atoms with E-state index in [9.17, 15) is 4.79 Å². The maximum atomic E-state index is 13.6. The standard InChI is InChI=1S/C36H29N5O2/c1-35(2)27-13-5-6-14-29(27)41(36(35)22-39-33-25-11-4-3-9-23(25)15-16-30(33)43-36)20-17-31(42)40-28-21-24-10-7-18-37-32(24)34-26(28)12-8-19-38-34/h3-16,18-19,21-22H,17,20H2,1-2H3,(H,40,42). The van der Waals surface area contributed by atoms with E-state index in [1.165, 1.54) is 0 Å². The van der Waals surface area contributed by atoms with Crippen molar-refractivity contribution in [2.75, 3.05) is 16.8 Å². The van der Waals surface area contributed by atoms with Crippen LogP contribution in [0.15, 0.2) is 108 Å². The number of nitrogens with one attached hydrogen (secondary N) is 1. The average Bonchev–Trinajstić information content (AvgIpc) is 3.21. The van der Waals surface area contributed by atoms with E-state index < -0.39 is 11.1 Å². The Morgan fingerprint density at radius 2 is 1.58 bits per heavy atom. The molecule has 8 rings (SSSR count). The van der Waals surface area contributed by atoms with Crippen LogP contribution in [0.5, 0.6) is 5.75 Å². The third-order valence-electron chi connectivity index (χ3n) is 8.96. The lowest BCUT2D eigenvalue weighted by molar-refractivity contribution is -0.116. The molecule has 0 aliphatic carbocycles.